The number of benzene rings is 3. The Morgan fingerprint density at radius 1 is 1.00 bits per heavy atom. The quantitative estimate of drug-likeness (QED) is 0.178. The predicted octanol–water partition coefficient (Wildman–Crippen LogP) is 5.48. The Bertz CT molecular complexity index is 1470. The van der Waals surface area contributed by atoms with E-state index in [4.69, 9.17) is 0 Å². The van der Waals surface area contributed by atoms with E-state index in [-0.39, 0.29) is 22.6 Å². The lowest BCUT2D eigenvalue weighted by Gasteiger charge is -2.19. The highest BCUT2D eigenvalue weighted by Gasteiger charge is 2.19. The van der Waals surface area contributed by atoms with Gasteiger partial charge in [-0.3, -0.25) is 9.36 Å². The largest absolute Gasteiger partial charge is 0.478 e. The van der Waals surface area contributed by atoms with Crippen molar-refractivity contribution in [3.63, 3.8) is 0 Å². The van der Waals surface area contributed by atoms with Crippen LogP contribution in [0.2, 0.25) is 0 Å². The van der Waals surface area contributed by atoms with Crippen molar-refractivity contribution in [3.05, 3.63) is 95.1 Å². The van der Waals surface area contributed by atoms with Gasteiger partial charge < -0.3 is 5.11 Å². The Balaban J connectivity index is 1.54. The van der Waals surface area contributed by atoms with E-state index in [9.17, 15) is 14.7 Å². The second kappa shape index (κ2) is 11.4. The SMILES string of the molecule is Cc1ccc(-n2c(SCC(=O)N/N=C/c3ccccc3C(=O)O)nnc2-c2ccc(C(C)(C)C)cc2)cc1. The van der Waals surface area contributed by atoms with Crippen LogP contribution in [0.3, 0.4) is 0 Å². The van der Waals surface area contributed by atoms with Crippen molar-refractivity contribution in [2.45, 2.75) is 38.3 Å². The lowest BCUT2D eigenvalue weighted by atomic mass is 9.87. The number of aryl methyl sites for hydroxylation is 1. The van der Waals surface area contributed by atoms with Crippen molar-refractivity contribution < 1.29 is 14.7 Å². The van der Waals surface area contributed by atoms with Crippen molar-refractivity contribution in [3.8, 4) is 17.1 Å². The molecule has 1 heterocycles. The number of aromatic nitrogens is 3. The smallest absolute Gasteiger partial charge is 0.336 e. The van der Waals surface area contributed by atoms with E-state index in [1.54, 1.807) is 18.2 Å². The number of carbonyl (C=O) groups excluding carboxylic acids is 1. The van der Waals surface area contributed by atoms with Crippen LogP contribution in [0, 0.1) is 6.92 Å². The molecular weight excluding hydrogens is 498 g/mol. The molecule has 0 spiro atoms. The summed E-state index contributed by atoms with van der Waals surface area (Å²) in [5.41, 5.74) is 7.16. The highest BCUT2D eigenvalue weighted by atomic mass is 32.2. The van der Waals surface area contributed by atoms with Crippen molar-refractivity contribution in [1.29, 1.82) is 0 Å². The zero-order valence-corrected chi connectivity index (χ0v) is 22.5. The molecule has 0 radical (unpaired) electrons. The van der Waals surface area contributed by atoms with Crippen LogP contribution >= 0.6 is 11.8 Å². The summed E-state index contributed by atoms with van der Waals surface area (Å²) in [5, 5.41) is 22.6. The maximum atomic E-state index is 12.5. The number of rotatable bonds is 8. The van der Waals surface area contributed by atoms with Gasteiger partial charge in [-0.15, -0.1) is 10.2 Å². The normalized spacial score (nSPS) is 11.6. The number of carbonyl (C=O) groups is 2. The topological polar surface area (TPSA) is 109 Å². The molecule has 1 aromatic heterocycles. The van der Waals surface area contributed by atoms with Crippen LogP contribution in [0.25, 0.3) is 17.1 Å². The van der Waals surface area contributed by atoms with E-state index >= 15 is 0 Å². The predicted molar refractivity (Wildman–Crippen MR) is 150 cm³/mol. The van der Waals surface area contributed by atoms with Gasteiger partial charge in [0, 0.05) is 16.8 Å². The van der Waals surface area contributed by atoms with E-state index in [2.05, 4.69) is 53.6 Å². The minimum atomic E-state index is -1.06. The number of hydrogen-bond acceptors (Lipinski definition) is 6. The summed E-state index contributed by atoms with van der Waals surface area (Å²) in [6, 6.07) is 22.8. The average molecular weight is 528 g/mol. The van der Waals surface area contributed by atoms with Crippen LogP contribution < -0.4 is 5.43 Å². The molecule has 1 amide bonds. The highest BCUT2D eigenvalue weighted by molar-refractivity contribution is 7.99. The molecule has 38 heavy (non-hydrogen) atoms. The highest BCUT2D eigenvalue weighted by Crippen LogP contribution is 2.30. The summed E-state index contributed by atoms with van der Waals surface area (Å²) >= 11 is 1.24. The monoisotopic (exact) mass is 527 g/mol. The van der Waals surface area contributed by atoms with Gasteiger partial charge in [0.15, 0.2) is 11.0 Å². The second-order valence-electron chi connectivity index (χ2n) is 9.78. The summed E-state index contributed by atoms with van der Waals surface area (Å²) in [6.07, 6.45) is 1.32. The molecule has 4 aromatic rings. The molecule has 0 unspecified atom stereocenters. The Labute approximate surface area is 225 Å². The Morgan fingerprint density at radius 2 is 1.68 bits per heavy atom. The lowest BCUT2D eigenvalue weighted by molar-refractivity contribution is -0.118. The van der Waals surface area contributed by atoms with Crippen molar-refractivity contribution >= 4 is 29.9 Å². The Morgan fingerprint density at radius 3 is 2.34 bits per heavy atom. The molecular formula is C29H29N5O3S. The standard InChI is InChI=1S/C29H29N5O3S/c1-19-9-15-23(16-10-19)34-26(20-11-13-22(14-12-20)29(2,3)4)32-33-28(34)38-18-25(35)31-30-17-21-7-5-6-8-24(21)27(36)37/h5-17H,18H2,1-4H3,(H,31,35)(H,36,37)/b30-17+. The number of carboxylic acids is 1. The van der Waals surface area contributed by atoms with Gasteiger partial charge in [-0.1, -0.05) is 92.7 Å². The number of hydrazone groups is 1. The van der Waals surface area contributed by atoms with Crippen molar-refractivity contribution in [2.24, 2.45) is 5.10 Å². The van der Waals surface area contributed by atoms with Gasteiger partial charge in [0.05, 0.1) is 17.5 Å². The third-order valence-electron chi connectivity index (χ3n) is 5.85. The fourth-order valence-corrected chi connectivity index (χ4v) is 4.48. The minimum Gasteiger partial charge on any atom is -0.478 e. The summed E-state index contributed by atoms with van der Waals surface area (Å²) < 4.78 is 1.94. The van der Waals surface area contributed by atoms with Gasteiger partial charge in [0.25, 0.3) is 5.91 Å². The van der Waals surface area contributed by atoms with Gasteiger partial charge in [-0.25, -0.2) is 10.2 Å². The number of thioether (sulfide) groups is 1. The number of aromatic carboxylic acids is 1. The molecule has 0 aliphatic heterocycles. The molecule has 0 atom stereocenters. The molecule has 4 rings (SSSR count). The maximum absolute atomic E-state index is 12.5. The fourth-order valence-electron chi connectivity index (χ4n) is 3.74. The summed E-state index contributed by atoms with van der Waals surface area (Å²) in [4.78, 5) is 23.8. The molecule has 0 fully saturated rings. The second-order valence-corrected chi connectivity index (χ2v) is 10.7. The molecule has 9 heteroatoms. The molecule has 8 nitrogen and oxygen atoms in total. The molecule has 194 valence electrons. The molecule has 0 aliphatic rings. The summed E-state index contributed by atoms with van der Waals surface area (Å²) in [7, 11) is 0. The third-order valence-corrected chi connectivity index (χ3v) is 6.78. The van der Waals surface area contributed by atoms with E-state index < -0.39 is 5.97 Å². The third kappa shape index (κ3) is 6.36. The minimum absolute atomic E-state index is 0.0374. The fraction of sp³-hybridized carbons (Fsp3) is 0.207. The number of carboxylic acid groups (broad SMARTS) is 1. The molecule has 2 N–H and O–H groups in total. The summed E-state index contributed by atoms with van der Waals surface area (Å²) in [5.74, 6) is -0.687. The first-order chi connectivity index (χ1) is 18.1. The van der Waals surface area contributed by atoms with Crippen LogP contribution in [0.5, 0.6) is 0 Å². The number of hydrogen-bond donors (Lipinski definition) is 2. The van der Waals surface area contributed by atoms with Crippen LogP contribution in [0.1, 0.15) is 47.8 Å². The van der Waals surface area contributed by atoms with Crippen molar-refractivity contribution in [1.82, 2.24) is 20.2 Å². The lowest BCUT2D eigenvalue weighted by Crippen LogP contribution is -2.20. The Hall–Kier alpha value is -4.24. The van der Waals surface area contributed by atoms with Crippen LogP contribution in [0.4, 0.5) is 0 Å². The summed E-state index contributed by atoms with van der Waals surface area (Å²) in [6.45, 7) is 8.54. The Kier molecular flexibility index (Phi) is 8.07. The van der Waals surface area contributed by atoms with Gasteiger partial charge >= 0.3 is 5.97 Å². The van der Waals surface area contributed by atoms with Crippen LogP contribution in [-0.2, 0) is 10.2 Å². The number of nitrogens with zero attached hydrogens (tertiary/aromatic N) is 4. The first kappa shape index (κ1) is 26.8. The van der Waals surface area contributed by atoms with Crippen LogP contribution in [-0.4, -0.2) is 43.7 Å². The maximum Gasteiger partial charge on any atom is 0.336 e. The van der Waals surface area contributed by atoms with E-state index in [1.165, 1.54) is 29.6 Å². The average Bonchev–Trinajstić information content (AvgIpc) is 3.31. The van der Waals surface area contributed by atoms with Gasteiger partial charge in [0.2, 0.25) is 0 Å². The van der Waals surface area contributed by atoms with E-state index in [0.29, 0.717) is 16.5 Å². The first-order valence-corrected chi connectivity index (χ1v) is 13.0. The number of nitrogens with one attached hydrogen (secondary N) is 1. The molecule has 0 bridgehead atoms. The van der Waals surface area contributed by atoms with Crippen molar-refractivity contribution in [2.75, 3.05) is 5.75 Å². The molecule has 3 aromatic carbocycles. The molecule has 0 aliphatic carbocycles. The zero-order chi connectivity index (χ0) is 27.3. The van der Waals surface area contributed by atoms with E-state index in [0.717, 1.165) is 16.8 Å². The zero-order valence-electron chi connectivity index (χ0n) is 21.7. The molecule has 0 saturated carbocycles. The van der Waals surface area contributed by atoms with E-state index in [1.807, 2.05) is 47.9 Å². The van der Waals surface area contributed by atoms with Crippen LogP contribution in [0.15, 0.2) is 83.1 Å². The van der Waals surface area contributed by atoms with Gasteiger partial charge in [-0.05, 0) is 36.1 Å². The van der Waals surface area contributed by atoms with Gasteiger partial charge in [0.1, 0.15) is 0 Å². The first-order valence-electron chi connectivity index (χ1n) is 12.0. The van der Waals surface area contributed by atoms with Gasteiger partial charge in [-0.2, -0.15) is 5.10 Å². The molecule has 0 saturated heterocycles. The number of amides is 1.